The fourth-order valence-corrected chi connectivity index (χ4v) is 9.72. The Kier molecular flexibility index (Phi) is 6.22. The predicted molar refractivity (Wildman–Crippen MR) is 223 cm³/mol. The summed E-state index contributed by atoms with van der Waals surface area (Å²) in [5, 5.41) is 15.7. The van der Waals surface area contributed by atoms with Gasteiger partial charge in [-0.3, -0.25) is 0 Å². The Morgan fingerprint density at radius 1 is 0.255 bits per heavy atom. The van der Waals surface area contributed by atoms with Gasteiger partial charge in [-0.25, -0.2) is 0 Å². The van der Waals surface area contributed by atoms with E-state index in [2.05, 4.69) is 182 Å². The highest BCUT2D eigenvalue weighted by Gasteiger charge is 2.17. The van der Waals surface area contributed by atoms with Gasteiger partial charge in [0, 0.05) is 20.2 Å². The molecule has 0 aliphatic rings. The molecule has 236 valence electrons. The zero-order valence-corrected chi connectivity index (χ0v) is 28.5. The fourth-order valence-electron chi connectivity index (χ4n) is 8.48. The van der Waals surface area contributed by atoms with Crippen molar-refractivity contribution in [1.29, 1.82) is 0 Å². The number of thiophene rings is 1. The van der Waals surface area contributed by atoms with Crippen molar-refractivity contribution in [1.82, 2.24) is 0 Å². The molecule has 0 radical (unpaired) electrons. The highest BCUT2D eigenvalue weighted by molar-refractivity contribution is 7.26. The SMILES string of the molecule is c1ccc(-c2ccc3c(c2)c2ccccc2c2c4ccc(-c5ccc(-c6cccc7c6sc6ccccc67)cc5)cc4c4ccccc4c32)cc1. The van der Waals surface area contributed by atoms with Gasteiger partial charge < -0.3 is 0 Å². The summed E-state index contributed by atoms with van der Waals surface area (Å²) in [4.78, 5) is 0. The van der Waals surface area contributed by atoms with E-state index in [4.69, 9.17) is 0 Å². The van der Waals surface area contributed by atoms with Crippen molar-refractivity contribution in [3.63, 3.8) is 0 Å². The number of fused-ring (bicyclic) bond motifs is 14. The molecule has 0 saturated carbocycles. The van der Waals surface area contributed by atoms with Gasteiger partial charge in [-0.05, 0) is 105 Å². The molecule has 0 N–H and O–H groups in total. The average molecular weight is 663 g/mol. The molecule has 0 unspecified atom stereocenters. The molecule has 0 fully saturated rings. The van der Waals surface area contributed by atoms with Crippen LogP contribution in [-0.2, 0) is 0 Å². The summed E-state index contributed by atoms with van der Waals surface area (Å²) in [5.74, 6) is 0. The summed E-state index contributed by atoms with van der Waals surface area (Å²) in [5.41, 5.74) is 7.49. The molecule has 0 saturated heterocycles. The molecular weight excluding hydrogens is 633 g/mol. The lowest BCUT2D eigenvalue weighted by molar-refractivity contribution is 1.63. The Hall–Kier alpha value is -6.28. The highest BCUT2D eigenvalue weighted by Crippen LogP contribution is 2.46. The summed E-state index contributed by atoms with van der Waals surface area (Å²) >= 11 is 1.89. The van der Waals surface area contributed by atoms with E-state index in [-0.39, 0.29) is 0 Å². The third-order valence-electron chi connectivity index (χ3n) is 10.8. The van der Waals surface area contributed by atoms with Crippen LogP contribution < -0.4 is 0 Å². The largest absolute Gasteiger partial charge is 0.135 e. The van der Waals surface area contributed by atoms with Crippen LogP contribution in [0.1, 0.15) is 0 Å². The first-order chi connectivity index (χ1) is 25.3. The van der Waals surface area contributed by atoms with Crippen molar-refractivity contribution >= 4 is 85.4 Å². The first-order valence-electron chi connectivity index (χ1n) is 17.6. The summed E-state index contributed by atoms with van der Waals surface area (Å²) in [7, 11) is 0. The van der Waals surface area contributed by atoms with Crippen molar-refractivity contribution in [3.05, 3.63) is 182 Å². The van der Waals surface area contributed by atoms with Crippen LogP contribution in [0, 0.1) is 0 Å². The topological polar surface area (TPSA) is 0 Å². The van der Waals surface area contributed by atoms with Gasteiger partial charge in [0.15, 0.2) is 0 Å². The van der Waals surface area contributed by atoms with E-state index in [1.54, 1.807) is 0 Å². The number of benzene rings is 10. The summed E-state index contributed by atoms with van der Waals surface area (Å²) in [6, 6.07) is 67.4. The maximum atomic E-state index is 2.41. The zero-order valence-electron chi connectivity index (χ0n) is 27.7. The Morgan fingerprint density at radius 2 is 0.706 bits per heavy atom. The van der Waals surface area contributed by atoms with Gasteiger partial charge in [0.1, 0.15) is 0 Å². The van der Waals surface area contributed by atoms with E-state index in [0.29, 0.717) is 0 Å². The Balaban J connectivity index is 1.11. The van der Waals surface area contributed by atoms with Crippen LogP contribution in [-0.4, -0.2) is 0 Å². The second-order valence-electron chi connectivity index (χ2n) is 13.6. The molecule has 51 heavy (non-hydrogen) atoms. The molecule has 0 atom stereocenters. The van der Waals surface area contributed by atoms with Crippen LogP contribution in [0.5, 0.6) is 0 Å². The van der Waals surface area contributed by atoms with Crippen LogP contribution in [0.15, 0.2) is 182 Å². The minimum absolute atomic E-state index is 1.23. The molecule has 0 spiro atoms. The van der Waals surface area contributed by atoms with Crippen LogP contribution in [0.4, 0.5) is 0 Å². The van der Waals surface area contributed by atoms with E-state index < -0.39 is 0 Å². The highest BCUT2D eigenvalue weighted by atomic mass is 32.1. The maximum Gasteiger partial charge on any atom is 0.0433 e. The van der Waals surface area contributed by atoms with Gasteiger partial charge in [0.05, 0.1) is 0 Å². The van der Waals surface area contributed by atoms with Crippen molar-refractivity contribution < 1.29 is 0 Å². The number of rotatable bonds is 3. The molecule has 11 aromatic rings. The van der Waals surface area contributed by atoms with E-state index in [1.165, 1.54) is 107 Å². The van der Waals surface area contributed by atoms with Crippen LogP contribution in [0.2, 0.25) is 0 Å². The van der Waals surface area contributed by atoms with Gasteiger partial charge in [0.2, 0.25) is 0 Å². The molecule has 0 nitrogen and oxygen atoms in total. The molecule has 11 rings (SSSR count). The molecule has 1 aromatic heterocycles. The summed E-state index contributed by atoms with van der Waals surface area (Å²) in [6.07, 6.45) is 0. The van der Waals surface area contributed by atoms with Crippen LogP contribution >= 0.6 is 11.3 Å². The second kappa shape index (κ2) is 11.1. The third-order valence-corrected chi connectivity index (χ3v) is 12.1. The lowest BCUT2D eigenvalue weighted by atomic mass is 9.85. The number of hydrogen-bond acceptors (Lipinski definition) is 1. The van der Waals surface area contributed by atoms with Crippen molar-refractivity contribution in [2.45, 2.75) is 0 Å². The standard InChI is InChI=1S/C50H30S/c1-2-11-31(12-3-1)34-25-27-42-45(29-34)37-13-4-6-16-40(37)49-43-28-26-35(30-46(43)38-14-5-7-17-41(38)48(42)49)32-21-23-33(24-22-32)36-18-10-19-44-39-15-8-9-20-47(39)51-50(36)44/h1-30H. The predicted octanol–water partition coefficient (Wildman–Crippen LogP) is 14.8. The van der Waals surface area contributed by atoms with E-state index in [1.807, 2.05) is 11.3 Å². The van der Waals surface area contributed by atoms with Crippen LogP contribution in [0.3, 0.4) is 0 Å². The quantitative estimate of drug-likeness (QED) is 0.165. The Morgan fingerprint density at radius 3 is 1.33 bits per heavy atom. The molecule has 0 bridgehead atoms. The van der Waals surface area contributed by atoms with Gasteiger partial charge >= 0.3 is 0 Å². The minimum Gasteiger partial charge on any atom is -0.135 e. The normalized spacial score (nSPS) is 11.9. The molecule has 1 heteroatoms. The fraction of sp³-hybridized carbons (Fsp3) is 0. The second-order valence-corrected chi connectivity index (χ2v) is 14.6. The lowest BCUT2D eigenvalue weighted by Gasteiger charge is -2.18. The first kappa shape index (κ1) is 28.5. The molecule has 0 aliphatic carbocycles. The van der Waals surface area contributed by atoms with Gasteiger partial charge in [-0.1, -0.05) is 164 Å². The van der Waals surface area contributed by atoms with E-state index in [9.17, 15) is 0 Å². The summed E-state index contributed by atoms with van der Waals surface area (Å²) < 4.78 is 2.69. The molecule has 0 amide bonds. The van der Waals surface area contributed by atoms with Gasteiger partial charge in [0.25, 0.3) is 0 Å². The smallest absolute Gasteiger partial charge is 0.0433 e. The summed E-state index contributed by atoms with van der Waals surface area (Å²) in [6.45, 7) is 0. The monoisotopic (exact) mass is 662 g/mol. The third kappa shape index (κ3) is 4.32. The van der Waals surface area contributed by atoms with Gasteiger partial charge in [-0.2, -0.15) is 0 Å². The van der Waals surface area contributed by atoms with E-state index >= 15 is 0 Å². The zero-order chi connectivity index (χ0) is 33.5. The van der Waals surface area contributed by atoms with Crippen LogP contribution in [0.25, 0.3) is 107 Å². The maximum absolute atomic E-state index is 2.41. The Bertz CT molecular complexity index is 3170. The number of hydrogen-bond donors (Lipinski definition) is 0. The first-order valence-corrected chi connectivity index (χ1v) is 18.4. The molecule has 10 aromatic carbocycles. The van der Waals surface area contributed by atoms with E-state index in [0.717, 1.165) is 0 Å². The molecule has 1 heterocycles. The van der Waals surface area contributed by atoms with Crippen molar-refractivity contribution in [2.75, 3.05) is 0 Å². The molecular formula is C50H30S. The Labute approximate surface area is 299 Å². The van der Waals surface area contributed by atoms with Crippen molar-refractivity contribution in [2.24, 2.45) is 0 Å². The average Bonchev–Trinajstić information content (AvgIpc) is 3.60. The lowest BCUT2D eigenvalue weighted by Crippen LogP contribution is -1.90. The minimum atomic E-state index is 1.23. The molecule has 0 aliphatic heterocycles. The van der Waals surface area contributed by atoms with Gasteiger partial charge in [-0.15, -0.1) is 11.3 Å². The van der Waals surface area contributed by atoms with Crippen molar-refractivity contribution in [3.8, 4) is 33.4 Å².